The number of aromatic amines is 1. The molecule has 2 aromatic carbocycles. The topological polar surface area (TPSA) is 57.2 Å². The fraction of sp³-hybridized carbons (Fsp3) is 0.250. The lowest BCUT2D eigenvalue weighted by molar-refractivity contribution is 0.0585. The molecule has 3 heterocycles. The highest BCUT2D eigenvalue weighted by molar-refractivity contribution is 5.98. The first-order chi connectivity index (χ1) is 15.1. The number of rotatable bonds is 4. The number of H-pyrrole nitrogens is 1. The maximum Gasteiger partial charge on any atom is 0.270 e. The monoisotopic (exact) mass is 417 g/mol. The molecule has 5 rings (SSSR count). The van der Waals surface area contributed by atoms with Crippen molar-refractivity contribution < 1.29 is 9.18 Å². The molecule has 1 saturated heterocycles. The Morgan fingerprint density at radius 2 is 1.84 bits per heavy atom. The number of halogens is 1. The third-order valence-corrected chi connectivity index (χ3v) is 6.03. The van der Waals surface area contributed by atoms with E-state index in [0.717, 1.165) is 18.9 Å². The zero-order chi connectivity index (χ0) is 21.4. The van der Waals surface area contributed by atoms with E-state index in [1.165, 1.54) is 11.6 Å². The molecule has 0 spiro atoms. The summed E-state index contributed by atoms with van der Waals surface area (Å²) in [7, 11) is 2.01. The van der Waals surface area contributed by atoms with Gasteiger partial charge >= 0.3 is 0 Å². The molecule has 6 nitrogen and oxygen atoms in total. The van der Waals surface area contributed by atoms with E-state index in [1.54, 1.807) is 18.2 Å². The Morgan fingerprint density at radius 1 is 1.06 bits per heavy atom. The number of carbonyl (C=O) groups excluding carboxylic acids is 1. The van der Waals surface area contributed by atoms with Crippen LogP contribution >= 0.6 is 0 Å². The molecule has 0 radical (unpaired) electrons. The lowest BCUT2D eigenvalue weighted by Gasteiger charge is -2.39. The van der Waals surface area contributed by atoms with E-state index in [4.69, 9.17) is 0 Å². The summed E-state index contributed by atoms with van der Waals surface area (Å²) >= 11 is 0. The van der Waals surface area contributed by atoms with Gasteiger partial charge in [-0.2, -0.15) is 0 Å². The van der Waals surface area contributed by atoms with Crippen LogP contribution in [0.3, 0.4) is 0 Å². The Morgan fingerprint density at radius 3 is 2.52 bits per heavy atom. The van der Waals surface area contributed by atoms with Crippen LogP contribution in [0.1, 0.15) is 27.9 Å². The van der Waals surface area contributed by atoms with E-state index in [-0.39, 0.29) is 17.8 Å². The molecule has 0 bridgehead atoms. The Balaban J connectivity index is 1.35. The van der Waals surface area contributed by atoms with Crippen LogP contribution in [0.15, 0.2) is 67.0 Å². The number of benzene rings is 2. The van der Waals surface area contributed by atoms with Crippen molar-refractivity contribution in [1.29, 1.82) is 0 Å². The zero-order valence-electron chi connectivity index (χ0n) is 17.3. The number of aromatic nitrogens is 3. The van der Waals surface area contributed by atoms with Gasteiger partial charge in [0.05, 0.1) is 6.04 Å². The van der Waals surface area contributed by atoms with Gasteiger partial charge in [-0.05, 0) is 23.8 Å². The van der Waals surface area contributed by atoms with Crippen LogP contribution in [0.25, 0.3) is 10.9 Å². The number of amides is 1. The van der Waals surface area contributed by atoms with Gasteiger partial charge in [-0.25, -0.2) is 9.37 Å². The largest absolute Gasteiger partial charge is 0.350 e. The summed E-state index contributed by atoms with van der Waals surface area (Å²) in [6.07, 6.45) is 3.78. The van der Waals surface area contributed by atoms with Crippen molar-refractivity contribution in [2.24, 2.45) is 7.05 Å². The van der Waals surface area contributed by atoms with Crippen molar-refractivity contribution in [2.45, 2.75) is 6.04 Å². The number of hydrogen-bond donors (Lipinski definition) is 1. The smallest absolute Gasteiger partial charge is 0.270 e. The number of nitrogens with zero attached hydrogens (tertiary/aromatic N) is 4. The van der Waals surface area contributed by atoms with Crippen LogP contribution in [0.4, 0.5) is 4.39 Å². The minimum absolute atomic E-state index is 0.0284. The highest BCUT2D eigenvalue weighted by Gasteiger charge is 2.31. The lowest BCUT2D eigenvalue weighted by atomic mass is 10.0. The highest BCUT2D eigenvalue weighted by Crippen LogP contribution is 2.28. The number of piperazine rings is 1. The summed E-state index contributed by atoms with van der Waals surface area (Å²) in [4.78, 5) is 24.9. The summed E-state index contributed by atoms with van der Waals surface area (Å²) in [5, 5.41) is 0.448. The standard InChI is InChI=1S/C24H24FN5O/c1-28-11-10-26-23(28)22(17-6-3-2-4-7-17)29-12-14-30(15-13-29)24(31)21-16-18-19(25)8-5-9-20(18)27-21/h2-11,16,22,27H,12-15H2,1H3. The van der Waals surface area contributed by atoms with Crippen LogP contribution in [0.2, 0.25) is 0 Å². The molecule has 1 fully saturated rings. The average Bonchev–Trinajstić information content (AvgIpc) is 3.42. The molecule has 2 aromatic heterocycles. The molecule has 1 aliphatic heterocycles. The number of aryl methyl sites for hydroxylation is 1. The van der Waals surface area contributed by atoms with E-state index < -0.39 is 0 Å². The number of hydrogen-bond acceptors (Lipinski definition) is 3. The zero-order valence-corrected chi connectivity index (χ0v) is 17.3. The first kappa shape index (κ1) is 19.5. The molecule has 4 aromatic rings. The van der Waals surface area contributed by atoms with Crippen molar-refractivity contribution >= 4 is 16.8 Å². The van der Waals surface area contributed by atoms with Crippen LogP contribution in [0, 0.1) is 5.82 Å². The molecule has 7 heteroatoms. The predicted octanol–water partition coefficient (Wildman–Crippen LogP) is 3.59. The van der Waals surface area contributed by atoms with Crippen LogP contribution < -0.4 is 0 Å². The van der Waals surface area contributed by atoms with Gasteiger partial charge in [0.15, 0.2) is 0 Å². The van der Waals surface area contributed by atoms with Crippen LogP contribution in [-0.4, -0.2) is 56.4 Å². The normalized spacial score (nSPS) is 16.0. The molecule has 0 saturated carbocycles. The third kappa shape index (κ3) is 3.61. The molecule has 1 aliphatic rings. The molecule has 1 N–H and O–H groups in total. The van der Waals surface area contributed by atoms with Gasteiger partial charge in [-0.15, -0.1) is 0 Å². The number of imidazole rings is 1. The SMILES string of the molecule is Cn1ccnc1C(c1ccccc1)N1CCN(C(=O)c2cc3c(F)cccc3[nH]2)CC1. The molecular formula is C24H24FN5O. The first-order valence-corrected chi connectivity index (χ1v) is 10.4. The van der Waals surface area contributed by atoms with E-state index in [9.17, 15) is 9.18 Å². The van der Waals surface area contributed by atoms with Crippen molar-refractivity contribution in [3.05, 3.63) is 89.9 Å². The average molecular weight is 417 g/mol. The highest BCUT2D eigenvalue weighted by atomic mass is 19.1. The van der Waals surface area contributed by atoms with E-state index >= 15 is 0 Å². The Bertz CT molecular complexity index is 1210. The molecule has 1 unspecified atom stereocenters. The fourth-order valence-corrected chi connectivity index (χ4v) is 4.39. The van der Waals surface area contributed by atoms with Gasteiger partial charge in [0.2, 0.25) is 0 Å². The number of nitrogens with one attached hydrogen (secondary N) is 1. The van der Waals surface area contributed by atoms with E-state index in [0.29, 0.717) is 29.7 Å². The minimum Gasteiger partial charge on any atom is -0.350 e. The molecule has 0 aliphatic carbocycles. The van der Waals surface area contributed by atoms with Gasteiger partial charge in [-0.1, -0.05) is 36.4 Å². The Labute approximate surface area is 179 Å². The molecule has 1 atom stereocenters. The van der Waals surface area contributed by atoms with Gasteiger partial charge in [0.25, 0.3) is 5.91 Å². The predicted molar refractivity (Wildman–Crippen MR) is 117 cm³/mol. The first-order valence-electron chi connectivity index (χ1n) is 10.4. The number of fused-ring (bicyclic) bond motifs is 1. The van der Waals surface area contributed by atoms with Crippen LogP contribution in [-0.2, 0) is 7.05 Å². The summed E-state index contributed by atoms with van der Waals surface area (Å²) in [6, 6.07) is 16.8. The fourth-order valence-electron chi connectivity index (χ4n) is 4.39. The van der Waals surface area contributed by atoms with Gasteiger partial charge in [0.1, 0.15) is 17.3 Å². The lowest BCUT2D eigenvalue weighted by Crippen LogP contribution is -2.50. The van der Waals surface area contributed by atoms with Gasteiger partial charge < -0.3 is 14.5 Å². The maximum absolute atomic E-state index is 14.0. The molecule has 1 amide bonds. The third-order valence-electron chi connectivity index (χ3n) is 6.03. The maximum atomic E-state index is 14.0. The Hall–Kier alpha value is -3.45. The molecule has 158 valence electrons. The summed E-state index contributed by atoms with van der Waals surface area (Å²) < 4.78 is 16.1. The van der Waals surface area contributed by atoms with Crippen molar-refractivity contribution in [1.82, 2.24) is 24.3 Å². The van der Waals surface area contributed by atoms with E-state index in [1.807, 2.05) is 47.1 Å². The second-order valence-electron chi connectivity index (χ2n) is 7.92. The van der Waals surface area contributed by atoms with Crippen molar-refractivity contribution in [3.8, 4) is 0 Å². The van der Waals surface area contributed by atoms with Gasteiger partial charge in [0, 0.05) is 56.5 Å². The minimum atomic E-state index is -0.321. The van der Waals surface area contributed by atoms with Crippen molar-refractivity contribution in [3.63, 3.8) is 0 Å². The molecular weight excluding hydrogens is 393 g/mol. The number of carbonyl (C=O) groups is 1. The summed E-state index contributed by atoms with van der Waals surface area (Å²) in [6.45, 7) is 2.66. The Kier molecular flexibility index (Phi) is 5.03. The van der Waals surface area contributed by atoms with Gasteiger partial charge in [-0.3, -0.25) is 9.69 Å². The van der Waals surface area contributed by atoms with E-state index in [2.05, 4.69) is 27.0 Å². The molecule has 31 heavy (non-hydrogen) atoms. The quantitative estimate of drug-likeness (QED) is 0.552. The summed E-state index contributed by atoms with van der Waals surface area (Å²) in [5.74, 6) is 0.568. The summed E-state index contributed by atoms with van der Waals surface area (Å²) in [5.41, 5.74) is 2.25. The second kappa shape index (κ2) is 8.00. The second-order valence-corrected chi connectivity index (χ2v) is 7.92. The van der Waals surface area contributed by atoms with Crippen LogP contribution in [0.5, 0.6) is 0 Å². The van der Waals surface area contributed by atoms with Crippen molar-refractivity contribution in [2.75, 3.05) is 26.2 Å².